The minimum atomic E-state index is -0.545. The fourth-order valence-corrected chi connectivity index (χ4v) is 2.75. The second-order valence-corrected chi connectivity index (χ2v) is 5.65. The van der Waals surface area contributed by atoms with Crippen molar-refractivity contribution in [3.63, 3.8) is 0 Å². The number of nitrogens with zero attached hydrogens (tertiary/aromatic N) is 2. The van der Waals surface area contributed by atoms with Gasteiger partial charge in [-0.15, -0.1) is 0 Å². The summed E-state index contributed by atoms with van der Waals surface area (Å²) in [5.41, 5.74) is 1.14. The van der Waals surface area contributed by atoms with Gasteiger partial charge in [0.2, 0.25) is 0 Å². The lowest BCUT2D eigenvalue weighted by atomic mass is 10.0. The van der Waals surface area contributed by atoms with Crippen LogP contribution in [0.15, 0.2) is 18.3 Å². The Morgan fingerprint density at radius 1 is 1.37 bits per heavy atom. The van der Waals surface area contributed by atoms with Gasteiger partial charge < -0.3 is 15.1 Å². The van der Waals surface area contributed by atoms with Gasteiger partial charge in [0.15, 0.2) is 0 Å². The molecule has 1 atom stereocenters. The van der Waals surface area contributed by atoms with E-state index >= 15 is 0 Å². The van der Waals surface area contributed by atoms with Crippen molar-refractivity contribution < 1.29 is 10.2 Å². The fourth-order valence-electron chi connectivity index (χ4n) is 2.75. The zero-order valence-electron chi connectivity index (χ0n) is 11.8. The summed E-state index contributed by atoms with van der Waals surface area (Å²) in [6.07, 6.45) is 5.95. The van der Waals surface area contributed by atoms with Crippen LogP contribution >= 0.6 is 0 Å². The molecule has 1 aliphatic carbocycles. The summed E-state index contributed by atoms with van der Waals surface area (Å²) in [5.74, 6) is 0. The molecule has 1 aromatic heterocycles. The predicted molar refractivity (Wildman–Crippen MR) is 76.2 cm³/mol. The SMILES string of the molecule is CCC(O)c1ccc(N(C)CC2(O)CCCC2)cn1. The summed E-state index contributed by atoms with van der Waals surface area (Å²) in [4.78, 5) is 6.34. The summed E-state index contributed by atoms with van der Waals surface area (Å²) >= 11 is 0. The lowest BCUT2D eigenvalue weighted by molar-refractivity contribution is 0.0559. The van der Waals surface area contributed by atoms with Crippen molar-refractivity contribution in [3.05, 3.63) is 24.0 Å². The Balaban J connectivity index is 2.01. The van der Waals surface area contributed by atoms with Gasteiger partial charge in [0.25, 0.3) is 0 Å². The molecule has 2 rings (SSSR count). The average molecular weight is 264 g/mol. The van der Waals surface area contributed by atoms with Gasteiger partial charge in [-0.1, -0.05) is 19.8 Å². The molecule has 0 spiro atoms. The average Bonchev–Trinajstić information content (AvgIpc) is 2.84. The zero-order chi connectivity index (χ0) is 13.9. The maximum absolute atomic E-state index is 10.4. The molecule has 1 heterocycles. The topological polar surface area (TPSA) is 56.6 Å². The van der Waals surface area contributed by atoms with E-state index in [-0.39, 0.29) is 0 Å². The molecular weight excluding hydrogens is 240 g/mol. The Morgan fingerprint density at radius 3 is 2.58 bits per heavy atom. The summed E-state index contributed by atoms with van der Waals surface area (Å²) in [5, 5.41) is 20.1. The van der Waals surface area contributed by atoms with Crippen LogP contribution in [0.3, 0.4) is 0 Å². The van der Waals surface area contributed by atoms with Gasteiger partial charge in [0.05, 0.1) is 29.3 Å². The van der Waals surface area contributed by atoms with E-state index in [2.05, 4.69) is 4.98 Å². The first-order valence-electron chi connectivity index (χ1n) is 7.11. The minimum absolute atomic E-state index is 0.488. The smallest absolute Gasteiger partial charge is 0.0957 e. The van der Waals surface area contributed by atoms with Gasteiger partial charge in [-0.3, -0.25) is 4.98 Å². The van der Waals surface area contributed by atoms with Crippen molar-refractivity contribution >= 4 is 5.69 Å². The van der Waals surface area contributed by atoms with Crippen molar-refractivity contribution in [3.8, 4) is 0 Å². The van der Waals surface area contributed by atoms with E-state index in [4.69, 9.17) is 0 Å². The number of hydrogen-bond acceptors (Lipinski definition) is 4. The zero-order valence-corrected chi connectivity index (χ0v) is 11.8. The van der Waals surface area contributed by atoms with E-state index in [1.165, 1.54) is 0 Å². The molecule has 1 aromatic rings. The van der Waals surface area contributed by atoms with Crippen molar-refractivity contribution in [2.45, 2.75) is 50.7 Å². The second kappa shape index (κ2) is 5.88. The van der Waals surface area contributed by atoms with Crippen LogP contribution in [-0.2, 0) is 0 Å². The van der Waals surface area contributed by atoms with E-state index in [1.807, 2.05) is 31.0 Å². The highest BCUT2D eigenvalue weighted by atomic mass is 16.3. The molecule has 1 saturated carbocycles. The number of aliphatic hydroxyl groups excluding tert-OH is 1. The van der Waals surface area contributed by atoms with Crippen LogP contribution in [0.2, 0.25) is 0 Å². The van der Waals surface area contributed by atoms with Gasteiger partial charge in [0.1, 0.15) is 0 Å². The molecule has 1 aliphatic rings. The van der Waals surface area contributed by atoms with Gasteiger partial charge in [0, 0.05) is 13.6 Å². The van der Waals surface area contributed by atoms with Crippen LogP contribution in [0.1, 0.15) is 50.8 Å². The number of anilines is 1. The molecule has 106 valence electrons. The standard InChI is InChI=1S/C15H24N2O2/c1-3-14(18)13-7-6-12(10-16-13)17(2)11-15(19)8-4-5-9-15/h6-7,10,14,18-19H,3-5,8-9,11H2,1-2H3. The molecule has 0 amide bonds. The van der Waals surface area contributed by atoms with E-state index in [1.54, 1.807) is 6.20 Å². The monoisotopic (exact) mass is 264 g/mol. The van der Waals surface area contributed by atoms with Crippen LogP contribution in [-0.4, -0.2) is 34.4 Å². The number of aromatic nitrogens is 1. The van der Waals surface area contributed by atoms with E-state index in [0.717, 1.165) is 31.4 Å². The highest BCUT2D eigenvalue weighted by Crippen LogP contribution is 2.31. The molecular formula is C15H24N2O2. The van der Waals surface area contributed by atoms with Crippen LogP contribution in [0.25, 0.3) is 0 Å². The van der Waals surface area contributed by atoms with Gasteiger partial charge in [-0.05, 0) is 31.4 Å². The largest absolute Gasteiger partial charge is 0.388 e. The predicted octanol–water partition coefficient (Wildman–Crippen LogP) is 2.27. The number of pyridine rings is 1. The Labute approximate surface area is 115 Å². The molecule has 0 saturated heterocycles. The van der Waals surface area contributed by atoms with Crippen molar-refractivity contribution in [2.75, 3.05) is 18.5 Å². The van der Waals surface area contributed by atoms with Gasteiger partial charge in [-0.2, -0.15) is 0 Å². The van der Waals surface area contributed by atoms with Gasteiger partial charge >= 0.3 is 0 Å². The summed E-state index contributed by atoms with van der Waals surface area (Å²) in [7, 11) is 1.98. The molecule has 1 unspecified atom stereocenters. The molecule has 2 N–H and O–H groups in total. The van der Waals surface area contributed by atoms with Crippen molar-refractivity contribution in [1.29, 1.82) is 0 Å². The molecule has 0 aliphatic heterocycles. The molecule has 4 heteroatoms. The van der Waals surface area contributed by atoms with Crippen molar-refractivity contribution in [2.24, 2.45) is 0 Å². The highest BCUT2D eigenvalue weighted by Gasteiger charge is 2.32. The number of rotatable bonds is 5. The first kappa shape index (κ1) is 14.3. The quantitative estimate of drug-likeness (QED) is 0.856. The first-order valence-corrected chi connectivity index (χ1v) is 7.11. The van der Waals surface area contributed by atoms with E-state index < -0.39 is 11.7 Å². The minimum Gasteiger partial charge on any atom is -0.388 e. The molecule has 19 heavy (non-hydrogen) atoms. The number of hydrogen-bond donors (Lipinski definition) is 2. The summed E-state index contributed by atoms with van der Waals surface area (Å²) < 4.78 is 0. The number of likely N-dealkylation sites (N-methyl/N-ethyl adjacent to an activating group) is 1. The Kier molecular flexibility index (Phi) is 4.42. The van der Waals surface area contributed by atoms with Crippen molar-refractivity contribution in [1.82, 2.24) is 4.98 Å². The van der Waals surface area contributed by atoms with Crippen LogP contribution < -0.4 is 4.90 Å². The first-order chi connectivity index (χ1) is 9.04. The molecule has 0 radical (unpaired) electrons. The van der Waals surface area contributed by atoms with Crippen LogP contribution in [0.4, 0.5) is 5.69 Å². The lowest BCUT2D eigenvalue weighted by Gasteiger charge is -2.30. The molecule has 0 aromatic carbocycles. The lowest BCUT2D eigenvalue weighted by Crippen LogP contribution is -2.39. The molecule has 1 fully saturated rings. The normalized spacial score (nSPS) is 19.4. The Bertz CT molecular complexity index is 399. The fraction of sp³-hybridized carbons (Fsp3) is 0.667. The molecule has 0 bridgehead atoms. The number of aliphatic hydroxyl groups is 2. The highest BCUT2D eigenvalue weighted by molar-refractivity contribution is 5.44. The summed E-state index contributed by atoms with van der Waals surface area (Å²) in [6.45, 7) is 2.58. The molecule has 4 nitrogen and oxygen atoms in total. The maximum atomic E-state index is 10.4. The van der Waals surface area contributed by atoms with Gasteiger partial charge in [-0.25, -0.2) is 0 Å². The Morgan fingerprint density at radius 2 is 2.05 bits per heavy atom. The van der Waals surface area contributed by atoms with Crippen LogP contribution in [0.5, 0.6) is 0 Å². The third kappa shape index (κ3) is 3.45. The summed E-state index contributed by atoms with van der Waals surface area (Å²) in [6, 6.07) is 3.82. The second-order valence-electron chi connectivity index (χ2n) is 5.65. The van der Waals surface area contributed by atoms with Crippen LogP contribution in [0, 0.1) is 0 Å². The van der Waals surface area contributed by atoms with E-state index in [0.29, 0.717) is 18.7 Å². The maximum Gasteiger partial charge on any atom is 0.0957 e. The third-order valence-corrected chi connectivity index (χ3v) is 4.01. The third-order valence-electron chi connectivity index (χ3n) is 4.01. The van der Waals surface area contributed by atoms with E-state index in [9.17, 15) is 10.2 Å². The Hall–Kier alpha value is -1.13.